The molecule has 1 aliphatic heterocycles. The van der Waals surface area contributed by atoms with Gasteiger partial charge in [-0.1, -0.05) is 6.07 Å². The highest BCUT2D eigenvalue weighted by atomic mass is 19.4. The lowest BCUT2D eigenvalue weighted by atomic mass is 9.98. The third-order valence-electron chi connectivity index (χ3n) is 6.30. The van der Waals surface area contributed by atoms with Crippen LogP contribution in [0.1, 0.15) is 47.1 Å². The molecule has 1 aromatic heterocycles. The second-order valence-electron chi connectivity index (χ2n) is 8.56. The summed E-state index contributed by atoms with van der Waals surface area (Å²) >= 11 is 0. The van der Waals surface area contributed by atoms with Gasteiger partial charge in [0.05, 0.1) is 25.7 Å². The Morgan fingerprint density at radius 3 is 2.72 bits per heavy atom. The summed E-state index contributed by atoms with van der Waals surface area (Å²) in [5.74, 6) is 0.483. The first-order chi connectivity index (χ1) is 17.2. The highest BCUT2D eigenvalue weighted by molar-refractivity contribution is 5.71. The number of alkyl halides is 3. The molecule has 0 bridgehead atoms. The molecule has 2 aromatic carbocycles. The normalized spacial score (nSPS) is 18.2. The highest BCUT2D eigenvalue weighted by Gasteiger charge is 2.33. The van der Waals surface area contributed by atoms with Crippen LogP contribution in [0.4, 0.5) is 17.6 Å². The number of nitrogens with zero attached hydrogens (tertiary/aromatic N) is 1. The average Bonchev–Trinajstić information content (AvgIpc) is 3.45. The van der Waals surface area contributed by atoms with Crippen molar-refractivity contribution in [2.45, 2.75) is 37.5 Å². The van der Waals surface area contributed by atoms with E-state index in [0.29, 0.717) is 54.0 Å². The lowest BCUT2D eigenvalue weighted by Gasteiger charge is -2.17. The van der Waals surface area contributed by atoms with Crippen molar-refractivity contribution < 1.29 is 41.3 Å². The molecule has 2 aliphatic rings. The van der Waals surface area contributed by atoms with E-state index in [-0.39, 0.29) is 24.2 Å². The Labute approximate surface area is 203 Å². The number of ether oxygens (including phenoxy) is 4. The van der Waals surface area contributed by atoms with Crippen LogP contribution in [-0.2, 0) is 22.1 Å². The number of hydrogen-bond acceptors (Lipinski definition) is 6. The molecule has 0 amide bonds. The summed E-state index contributed by atoms with van der Waals surface area (Å²) in [6.45, 7) is 0.355. The Kier molecular flexibility index (Phi) is 6.19. The monoisotopic (exact) mass is 503 g/mol. The molecule has 6 nitrogen and oxygen atoms in total. The van der Waals surface area contributed by atoms with Gasteiger partial charge in [0.1, 0.15) is 29.2 Å². The smallest absolute Gasteiger partial charge is 0.417 e. The fourth-order valence-electron chi connectivity index (χ4n) is 4.52. The third kappa shape index (κ3) is 4.67. The average molecular weight is 503 g/mol. The summed E-state index contributed by atoms with van der Waals surface area (Å²) in [7, 11) is 1.34. The van der Waals surface area contributed by atoms with E-state index >= 15 is 0 Å². The lowest BCUT2D eigenvalue weighted by Crippen LogP contribution is -2.09. The first-order valence-corrected chi connectivity index (χ1v) is 11.3. The van der Waals surface area contributed by atoms with E-state index < -0.39 is 23.7 Å². The summed E-state index contributed by atoms with van der Waals surface area (Å²) in [6.07, 6.45) is -3.25. The van der Waals surface area contributed by atoms with E-state index in [1.54, 1.807) is 12.1 Å². The third-order valence-corrected chi connectivity index (χ3v) is 6.30. The van der Waals surface area contributed by atoms with Crippen LogP contribution in [0.2, 0.25) is 0 Å². The van der Waals surface area contributed by atoms with Gasteiger partial charge in [-0.05, 0) is 37.1 Å². The topological polar surface area (TPSA) is 66.9 Å². The zero-order valence-electron chi connectivity index (χ0n) is 19.1. The number of pyridine rings is 1. The SMILES string of the molecule is COC(=O)CC1COc2cc(O[C@@H]3CCc4c(Oc5ccc(C(F)(F)F)cn5)ccc(F)c43)ccc21. The van der Waals surface area contributed by atoms with Crippen LogP contribution in [0.3, 0.4) is 0 Å². The van der Waals surface area contributed by atoms with Crippen molar-refractivity contribution in [1.29, 1.82) is 0 Å². The number of esters is 1. The van der Waals surface area contributed by atoms with Crippen LogP contribution in [0.25, 0.3) is 0 Å². The lowest BCUT2D eigenvalue weighted by molar-refractivity contribution is -0.141. The second kappa shape index (κ2) is 9.33. The zero-order valence-corrected chi connectivity index (χ0v) is 19.1. The summed E-state index contributed by atoms with van der Waals surface area (Å²) < 4.78 is 75.4. The van der Waals surface area contributed by atoms with Gasteiger partial charge >= 0.3 is 12.1 Å². The Bertz CT molecular complexity index is 1290. The number of methoxy groups -OCH3 is 1. The molecular formula is C26H21F4NO5. The van der Waals surface area contributed by atoms with Crippen molar-refractivity contribution in [1.82, 2.24) is 4.98 Å². The summed E-state index contributed by atoms with van der Waals surface area (Å²) in [5.41, 5.74) is 0.912. The van der Waals surface area contributed by atoms with E-state index in [9.17, 15) is 22.4 Å². The highest BCUT2D eigenvalue weighted by Crippen LogP contribution is 2.44. The Morgan fingerprint density at radius 1 is 1.17 bits per heavy atom. The van der Waals surface area contributed by atoms with Gasteiger partial charge in [0.15, 0.2) is 0 Å². The summed E-state index contributed by atoms with van der Waals surface area (Å²) in [5, 5.41) is 0. The van der Waals surface area contributed by atoms with E-state index in [1.165, 1.54) is 19.2 Å². The van der Waals surface area contributed by atoms with Crippen LogP contribution in [0.15, 0.2) is 48.7 Å². The molecule has 0 saturated carbocycles. The maximum Gasteiger partial charge on any atom is 0.417 e. The van der Waals surface area contributed by atoms with Crippen molar-refractivity contribution in [2.24, 2.45) is 0 Å². The van der Waals surface area contributed by atoms with Gasteiger partial charge in [0, 0.05) is 40.9 Å². The van der Waals surface area contributed by atoms with Crippen molar-refractivity contribution in [3.05, 3.63) is 76.7 Å². The zero-order chi connectivity index (χ0) is 25.4. The minimum atomic E-state index is -4.50. The molecule has 5 rings (SSSR count). The molecule has 0 radical (unpaired) electrons. The molecule has 1 unspecified atom stereocenters. The van der Waals surface area contributed by atoms with Crippen molar-refractivity contribution >= 4 is 5.97 Å². The Hall–Kier alpha value is -3.82. The quantitative estimate of drug-likeness (QED) is 0.298. The first kappa shape index (κ1) is 23.9. The van der Waals surface area contributed by atoms with E-state index in [4.69, 9.17) is 18.9 Å². The van der Waals surface area contributed by atoms with Gasteiger partial charge in [-0.25, -0.2) is 9.37 Å². The van der Waals surface area contributed by atoms with Crippen LogP contribution >= 0.6 is 0 Å². The second-order valence-corrected chi connectivity index (χ2v) is 8.56. The minimum absolute atomic E-state index is 0.0292. The number of benzene rings is 2. The molecule has 2 atom stereocenters. The summed E-state index contributed by atoms with van der Waals surface area (Å²) in [4.78, 5) is 15.4. The molecule has 0 N–H and O–H groups in total. The molecular weight excluding hydrogens is 482 g/mol. The number of carbonyl (C=O) groups excluding carboxylic acids is 1. The van der Waals surface area contributed by atoms with Crippen molar-refractivity contribution in [3.63, 3.8) is 0 Å². The number of aromatic nitrogens is 1. The van der Waals surface area contributed by atoms with Gasteiger partial charge in [-0.2, -0.15) is 13.2 Å². The van der Waals surface area contributed by atoms with Crippen molar-refractivity contribution in [2.75, 3.05) is 13.7 Å². The van der Waals surface area contributed by atoms with Crippen LogP contribution in [0, 0.1) is 5.82 Å². The van der Waals surface area contributed by atoms with Crippen molar-refractivity contribution in [3.8, 4) is 23.1 Å². The first-order valence-electron chi connectivity index (χ1n) is 11.3. The fourth-order valence-corrected chi connectivity index (χ4v) is 4.52. The van der Waals surface area contributed by atoms with E-state index in [0.717, 1.165) is 17.7 Å². The molecule has 0 spiro atoms. The van der Waals surface area contributed by atoms with Gasteiger partial charge in [-0.15, -0.1) is 0 Å². The van der Waals surface area contributed by atoms with Gasteiger partial charge < -0.3 is 18.9 Å². The Balaban J connectivity index is 1.33. The fraction of sp³-hybridized carbons (Fsp3) is 0.308. The van der Waals surface area contributed by atoms with Crippen LogP contribution in [-0.4, -0.2) is 24.7 Å². The molecule has 188 valence electrons. The number of halogens is 4. The maximum absolute atomic E-state index is 14.8. The molecule has 0 fully saturated rings. The molecule has 1 aliphatic carbocycles. The number of rotatable bonds is 6. The van der Waals surface area contributed by atoms with Crippen LogP contribution in [0.5, 0.6) is 23.1 Å². The molecule has 3 aromatic rings. The minimum Gasteiger partial charge on any atom is -0.492 e. The number of carbonyl (C=O) groups is 1. The Morgan fingerprint density at radius 2 is 2.00 bits per heavy atom. The molecule has 36 heavy (non-hydrogen) atoms. The molecule has 0 saturated heterocycles. The predicted octanol–water partition coefficient (Wildman–Crippen LogP) is 6.14. The maximum atomic E-state index is 14.8. The predicted molar refractivity (Wildman–Crippen MR) is 119 cm³/mol. The number of fused-ring (bicyclic) bond motifs is 2. The molecule has 2 heterocycles. The number of hydrogen-bond donors (Lipinski definition) is 0. The van der Waals surface area contributed by atoms with E-state index in [2.05, 4.69) is 4.98 Å². The van der Waals surface area contributed by atoms with Gasteiger partial charge in [0.2, 0.25) is 5.88 Å². The van der Waals surface area contributed by atoms with Gasteiger partial charge in [0.25, 0.3) is 0 Å². The standard InChI is InChI=1S/C26H21F4NO5/c1-33-24(32)10-14-13-34-22-11-16(3-4-17(14)22)35-21-7-5-18-20(8-6-19(27)25(18)21)36-23-9-2-15(12-31-23)26(28,29)30/h2-4,6,8-9,11-12,14,21H,5,7,10,13H2,1H3/t14?,21-/m1/s1. The van der Waals surface area contributed by atoms with E-state index in [1.807, 2.05) is 6.07 Å². The molecule has 10 heteroatoms. The van der Waals surface area contributed by atoms with Gasteiger partial charge in [-0.3, -0.25) is 4.79 Å². The van der Waals surface area contributed by atoms with Crippen LogP contribution < -0.4 is 14.2 Å². The summed E-state index contributed by atoms with van der Waals surface area (Å²) in [6, 6.07) is 9.97. The largest absolute Gasteiger partial charge is 0.492 e.